The van der Waals surface area contributed by atoms with E-state index in [1.807, 2.05) is 17.5 Å². The zero-order chi connectivity index (χ0) is 19.9. The zero-order valence-corrected chi connectivity index (χ0v) is 15.8. The average Bonchev–Trinajstić information content (AvgIpc) is 3.15. The molecule has 0 saturated heterocycles. The highest BCUT2D eigenvalue weighted by Gasteiger charge is 2.16. The zero-order valence-electron chi connectivity index (χ0n) is 14.2. The minimum atomic E-state index is -4.07. The lowest BCUT2D eigenvalue weighted by Crippen LogP contribution is -2.32. The third kappa shape index (κ3) is 6.71. The normalized spacial score (nSPS) is 12.4. The Balaban J connectivity index is 1.70. The van der Waals surface area contributed by atoms with E-state index in [1.165, 1.54) is 11.3 Å². The second-order valence-corrected chi connectivity index (χ2v) is 7.92. The number of benzene rings is 1. The summed E-state index contributed by atoms with van der Waals surface area (Å²) in [5.74, 6) is -2.03. The molecule has 2 rings (SSSR count). The SMILES string of the molecule is C[C@H](NC(=O)COC(=O)CONS(=O)(=O)c1ccc(F)cc1)c1cccs1. The Morgan fingerprint density at radius 2 is 1.89 bits per heavy atom. The van der Waals surface area contributed by atoms with Gasteiger partial charge in [-0.25, -0.2) is 17.6 Å². The van der Waals surface area contributed by atoms with Crippen molar-refractivity contribution in [3.8, 4) is 0 Å². The van der Waals surface area contributed by atoms with Gasteiger partial charge < -0.3 is 10.1 Å². The van der Waals surface area contributed by atoms with E-state index in [9.17, 15) is 22.4 Å². The van der Waals surface area contributed by atoms with E-state index in [4.69, 9.17) is 4.74 Å². The van der Waals surface area contributed by atoms with Crippen molar-refractivity contribution in [2.75, 3.05) is 13.2 Å². The third-order valence-electron chi connectivity index (χ3n) is 3.19. The van der Waals surface area contributed by atoms with Gasteiger partial charge in [0.05, 0.1) is 10.9 Å². The molecule has 1 atom stereocenters. The van der Waals surface area contributed by atoms with Crippen LogP contribution in [0.2, 0.25) is 0 Å². The number of ether oxygens (including phenoxy) is 1. The van der Waals surface area contributed by atoms with Crippen LogP contribution in [0.1, 0.15) is 17.8 Å². The lowest BCUT2D eigenvalue weighted by molar-refractivity contribution is -0.154. The first kappa shape index (κ1) is 21.0. The van der Waals surface area contributed by atoms with Gasteiger partial charge in [-0.2, -0.15) is 0 Å². The highest BCUT2D eigenvalue weighted by atomic mass is 32.2. The number of hydrogen-bond donors (Lipinski definition) is 2. The summed E-state index contributed by atoms with van der Waals surface area (Å²) in [6.45, 7) is 0.524. The van der Waals surface area contributed by atoms with Crippen LogP contribution in [-0.4, -0.2) is 33.5 Å². The van der Waals surface area contributed by atoms with Gasteiger partial charge in [-0.3, -0.25) is 9.63 Å². The third-order valence-corrected chi connectivity index (χ3v) is 5.48. The molecule has 1 amide bonds. The molecule has 0 aliphatic carbocycles. The van der Waals surface area contributed by atoms with E-state index < -0.39 is 40.9 Å². The first-order valence-electron chi connectivity index (χ1n) is 7.65. The van der Waals surface area contributed by atoms with E-state index in [-0.39, 0.29) is 10.9 Å². The number of sulfonamides is 1. The summed E-state index contributed by atoms with van der Waals surface area (Å²) in [7, 11) is -4.07. The summed E-state index contributed by atoms with van der Waals surface area (Å²) in [5, 5.41) is 4.53. The summed E-state index contributed by atoms with van der Waals surface area (Å²) in [4.78, 5) is 30.3. The number of amides is 1. The van der Waals surface area contributed by atoms with E-state index >= 15 is 0 Å². The molecule has 1 aromatic heterocycles. The van der Waals surface area contributed by atoms with Gasteiger partial charge in [0.15, 0.2) is 13.2 Å². The molecule has 0 bridgehead atoms. The first-order chi connectivity index (χ1) is 12.8. The van der Waals surface area contributed by atoms with Crippen molar-refractivity contribution < 1.29 is 32.0 Å². The minimum Gasteiger partial charge on any atom is -0.454 e. The summed E-state index contributed by atoms with van der Waals surface area (Å²) in [5.41, 5.74) is 0. The molecule has 0 radical (unpaired) electrons. The second kappa shape index (κ2) is 9.55. The number of halogens is 1. The number of nitrogens with one attached hydrogen (secondary N) is 2. The predicted octanol–water partition coefficient (Wildman–Crippen LogP) is 1.52. The van der Waals surface area contributed by atoms with Gasteiger partial charge >= 0.3 is 5.97 Å². The molecule has 0 spiro atoms. The fraction of sp³-hybridized carbons (Fsp3) is 0.250. The Labute approximate surface area is 159 Å². The molecule has 146 valence electrons. The van der Waals surface area contributed by atoms with E-state index in [1.54, 1.807) is 11.8 Å². The van der Waals surface area contributed by atoms with E-state index in [2.05, 4.69) is 10.2 Å². The van der Waals surface area contributed by atoms with Crippen LogP contribution in [0.4, 0.5) is 4.39 Å². The van der Waals surface area contributed by atoms with Crippen molar-refractivity contribution in [1.82, 2.24) is 10.2 Å². The van der Waals surface area contributed by atoms with Gasteiger partial charge in [-0.05, 0) is 42.6 Å². The summed E-state index contributed by atoms with van der Waals surface area (Å²) in [6.07, 6.45) is 0. The van der Waals surface area contributed by atoms with Crippen LogP contribution in [0.15, 0.2) is 46.7 Å². The maximum absolute atomic E-state index is 12.8. The van der Waals surface area contributed by atoms with Gasteiger partial charge in [0.1, 0.15) is 5.82 Å². The molecule has 0 aliphatic rings. The van der Waals surface area contributed by atoms with Crippen LogP contribution in [0.25, 0.3) is 0 Å². The van der Waals surface area contributed by atoms with Crippen LogP contribution in [0.5, 0.6) is 0 Å². The van der Waals surface area contributed by atoms with E-state index in [0.717, 1.165) is 29.1 Å². The minimum absolute atomic E-state index is 0.227. The molecular weight excluding hydrogens is 399 g/mol. The smallest absolute Gasteiger partial charge is 0.334 e. The van der Waals surface area contributed by atoms with Gasteiger partial charge in [0.25, 0.3) is 15.9 Å². The maximum atomic E-state index is 12.8. The number of esters is 1. The van der Waals surface area contributed by atoms with Crippen LogP contribution in [0.3, 0.4) is 0 Å². The first-order valence-corrected chi connectivity index (χ1v) is 10.0. The van der Waals surface area contributed by atoms with Crippen molar-refractivity contribution in [2.24, 2.45) is 0 Å². The Morgan fingerprint density at radius 1 is 1.19 bits per heavy atom. The van der Waals surface area contributed by atoms with Crippen LogP contribution >= 0.6 is 11.3 Å². The molecule has 0 aliphatic heterocycles. The van der Waals surface area contributed by atoms with Gasteiger partial charge in [0.2, 0.25) is 0 Å². The molecule has 0 unspecified atom stereocenters. The molecule has 1 aromatic carbocycles. The van der Waals surface area contributed by atoms with E-state index in [0.29, 0.717) is 0 Å². The lowest BCUT2D eigenvalue weighted by atomic mass is 10.3. The van der Waals surface area contributed by atoms with Crippen LogP contribution < -0.4 is 10.2 Å². The summed E-state index contributed by atoms with van der Waals surface area (Å²) >= 11 is 1.48. The van der Waals surface area contributed by atoms with Gasteiger partial charge in [-0.1, -0.05) is 11.0 Å². The fourth-order valence-electron chi connectivity index (χ4n) is 1.91. The molecular formula is C16H17FN2O6S2. The lowest BCUT2D eigenvalue weighted by Gasteiger charge is -2.12. The van der Waals surface area contributed by atoms with Crippen molar-refractivity contribution in [3.05, 3.63) is 52.5 Å². The van der Waals surface area contributed by atoms with Gasteiger partial charge in [-0.15, -0.1) is 11.3 Å². The van der Waals surface area contributed by atoms with Crippen molar-refractivity contribution >= 4 is 33.2 Å². The topological polar surface area (TPSA) is 111 Å². The highest BCUT2D eigenvalue weighted by molar-refractivity contribution is 7.89. The Morgan fingerprint density at radius 3 is 2.52 bits per heavy atom. The van der Waals surface area contributed by atoms with Crippen molar-refractivity contribution in [3.63, 3.8) is 0 Å². The Hall–Kier alpha value is -2.34. The molecule has 2 aromatic rings. The van der Waals surface area contributed by atoms with Crippen molar-refractivity contribution in [2.45, 2.75) is 17.9 Å². The summed E-state index contributed by atoms with van der Waals surface area (Å²) < 4.78 is 41.2. The number of rotatable bonds is 9. The maximum Gasteiger partial charge on any atom is 0.334 e. The standard InChI is InChI=1S/C16H17FN2O6S2/c1-11(14-3-2-8-26-14)18-15(20)9-24-16(21)10-25-19-27(22,23)13-6-4-12(17)5-7-13/h2-8,11,19H,9-10H2,1H3,(H,18,20)/t11-/m0/s1. The number of carbonyl (C=O) groups excluding carboxylic acids is 2. The van der Waals surface area contributed by atoms with Crippen LogP contribution in [-0.2, 0) is 29.2 Å². The quantitative estimate of drug-likeness (QED) is 0.474. The molecule has 1 heterocycles. The molecule has 0 saturated carbocycles. The Kier molecular flexibility index (Phi) is 7.42. The van der Waals surface area contributed by atoms with Crippen LogP contribution in [0, 0.1) is 5.82 Å². The predicted molar refractivity (Wildman–Crippen MR) is 94.5 cm³/mol. The van der Waals surface area contributed by atoms with Crippen molar-refractivity contribution in [1.29, 1.82) is 0 Å². The monoisotopic (exact) mass is 416 g/mol. The Bertz CT molecular complexity index is 869. The molecule has 8 nitrogen and oxygen atoms in total. The number of thiophene rings is 1. The second-order valence-electron chi connectivity index (χ2n) is 5.29. The largest absolute Gasteiger partial charge is 0.454 e. The summed E-state index contributed by atoms with van der Waals surface area (Å²) in [6, 6.07) is 7.51. The average molecular weight is 416 g/mol. The molecule has 27 heavy (non-hydrogen) atoms. The fourth-order valence-corrected chi connectivity index (χ4v) is 3.45. The highest BCUT2D eigenvalue weighted by Crippen LogP contribution is 2.17. The number of hydrogen-bond acceptors (Lipinski definition) is 7. The molecule has 2 N–H and O–H groups in total. The molecule has 11 heteroatoms. The molecule has 0 fully saturated rings. The van der Waals surface area contributed by atoms with Gasteiger partial charge in [0, 0.05) is 4.88 Å². The number of carbonyl (C=O) groups is 2.